The highest BCUT2D eigenvalue weighted by atomic mass is 16.5. The van der Waals surface area contributed by atoms with Crippen molar-refractivity contribution in [2.75, 3.05) is 33.3 Å². The van der Waals surface area contributed by atoms with Crippen LogP contribution in [0.2, 0.25) is 0 Å². The Hall–Kier alpha value is -1.99. The van der Waals surface area contributed by atoms with Crippen molar-refractivity contribution in [1.82, 2.24) is 15.2 Å². The molecule has 2 rings (SSSR count). The molecule has 1 fully saturated rings. The molecule has 1 saturated heterocycles. The summed E-state index contributed by atoms with van der Waals surface area (Å²) in [5, 5.41) is 11.7. The molecule has 2 heterocycles. The van der Waals surface area contributed by atoms with Crippen molar-refractivity contribution in [1.29, 1.82) is 0 Å². The fraction of sp³-hybridized carbons (Fsp3) is 0.462. The molecular formula is C13H17N3O4. The molecule has 1 amide bonds. The van der Waals surface area contributed by atoms with Gasteiger partial charge in [0.05, 0.1) is 18.3 Å². The van der Waals surface area contributed by atoms with Crippen LogP contribution < -0.4 is 5.32 Å². The van der Waals surface area contributed by atoms with E-state index in [2.05, 4.69) is 15.2 Å². The molecule has 1 unspecified atom stereocenters. The van der Waals surface area contributed by atoms with Crippen LogP contribution >= 0.6 is 0 Å². The van der Waals surface area contributed by atoms with Gasteiger partial charge in [0.15, 0.2) is 0 Å². The number of hydrogen-bond donors (Lipinski definition) is 2. The first-order valence-corrected chi connectivity index (χ1v) is 6.34. The molecule has 0 radical (unpaired) electrons. The molecule has 0 bridgehead atoms. The summed E-state index contributed by atoms with van der Waals surface area (Å²) in [4.78, 5) is 29.0. The molecular weight excluding hydrogens is 262 g/mol. The quantitative estimate of drug-likeness (QED) is 0.795. The largest absolute Gasteiger partial charge is 0.478 e. The van der Waals surface area contributed by atoms with Gasteiger partial charge < -0.3 is 20.1 Å². The standard InChI is InChI=1S/C13H17N3O4/c1-16-5-6-20-9(8-16)7-15-12(17)11-10(13(18)19)3-2-4-14-11/h2-4,9H,5-8H2,1H3,(H,15,17)(H,18,19). The van der Waals surface area contributed by atoms with Gasteiger partial charge in [0.2, 0.25) is 0 Å². The van der Waals surface area contributed by atoms with E-state index in [9.17, 15) is 9.59 Å². The Balaban J connectivity index is 1.97. The maximum atomic E-state index is 12.0. The zero-order valence-corrected chi connectivity index (χ0v) is 11.2. The number of pyridine rings is 1. The van der Waals surface area contributed by atoms with Gasteiger partial charge in [0, 0.05) is 25.8 Å². The Bertz CT molecular complexity index is 506. The second-order valence-corrected chi connectivity index (χ2v) is 4.67. The van der Waals surface area contributed by atoms with Gasteiger partial charge in [-0.25, -0.2) is 4.79 Å². The normalized spacial score (nSPS) is 19.6. The molecule has 0 saturated carbocycles. The summed E-state index contributed by atoms with van der Waals surface area (Å²) < 4.78 is 5.52. The molecule has 1 aliphatic heterocycles. The lowest BCUT2D eigenvalue weighted by Gasteiger charge is -2.30. The van der Waals surface area contributed by atoms with Crippen molar-refractivity contribution in [3.8, 4) is 0 Å². The number of likely N-dealkylation sites (N-methyl/N-ethyl adjacent to an activating group) is 1. The highest BCUT2D eigenvalue weighted by molar-refractivity contribution is 6.03. The minimum absolute atomic E-state index is 0.0795. The van der Waals surface area contributed by atoms with Crippen LogP contribution in [0.4, 0.5) is 0 Å². The summed E-state index contributed by atoms with van der Waals surface area (Å²) in [6.07, 6.45) is 1.31. The van der Waals surface area contributed by atoms with Crippen molar-refractivity contribution in [2.24, 2.45) is 0 Å². The predicted molar refractivity (Wildman–Crippen MR) is 70.8 cm³/mol. The second-order valence-electron chi connectivity index (χ2n) is 4.67. The van der Waals surface area contributed by atoms with Gasteiger partial charge in [-0.15, -0.1) is 0 Å². The Labute approximate surface area is 116 Å². The Morgan fingerprint density at radius 3 is 3.10 bits per heavy atom. The number of aromatic nitrogens is 1. The molecule has 1 atom stereocenters. The molecule has 108 valence electrons. The van der Waals surface area contributed by atoms with Crippen molar-refractivity contribution < 1.29 is 19.4 Å². The number of carboxylic acids is 1. The number of rotatable bonds is 4. The maximum Gasteiger partial charge on any atom is 0.338 e. The summed E-state index contributed by atoms with van der Waals surface area (Å²) in [5.74, 6) is -1.67. The van der Waals surface area contributed by atoms with Crippen LogP contribution in [0, 0.1) is 0 Å². The van der Waals surface area contributed by atoms with Crippen LogP contribution in [0.5, 0.6) is 0 Å². The summed E-state index contributed by atoms with van der Waals surface area (Å²) in [7, 11) is 1.98. The first-order chi connectivity index (χ1) is 9.58. The van der Waals surface area contributed by atoms with Gasteiger partial charge >= 0.3 is 5.97 Å². The summed E-state index contributed by atoms with van der Waals surface area (Å²) in [6.45, 7) is 2.56. The molecule has 7 nitrogen and oxygen atoms in total. The fourth-order valence-electron chi connectivity index (χ4n) is 2.04. The van der Waals surface area contributed by atoms with E-state index in [4.69, 9.17) is 9.84 Å². The van der Waals surface area contributed by atoms with Crippen molar-refractivity contribution in [3.05, 3.63) is 29.6 Å². The minimum atomic E-state index is -1.17. The first kappa shape index (κ1) is 14.4. The van der Waals surface area contributed by atoms with E-state index >= 15 is 0 Å². The number of carboxylic acid groups (broad SMARTS) is 1. The van der Waals surface area contributed by atoms with E-state index in [0.717, 1.165) is 13.1 Å². The van der Waals surface area contributed by atoms with Crippen LogP contribution in [0.25, 0.3) is 0 Å². The van der Waals surface area contributed by atoms with E-state index in [1.54, 1.807) is 0 Å². The number of carbonyl (C=O) groups excluding carboxylic acids is 1. The monoisotopic (exact) mass is 279 g/mol. The zero-order chi connectivity index (χ0) is 14.5. The number of amides is 1. The molecule has 2 N–H and O–H groups in total. The number of carbonyl (C=O) groups is 2. The van der Waals surface area contributed by atoms with Gasteiger partial charge in [-0.2, -0.15) is 0 Å². The van der Waals surface area contributed by atoms with Gasteiger partial charge in [-0.3, -0.25) is 9.78 Å². The van der Waals surface area contributed by atoms with E-state index in [-0.39, 0.29) is 17.4 Å². The number of nitrogens with zero attached hydrogens (tertiary/aromatic N) is 2. The summed E-state index contributed by atoms with van der Waals surface area (Å²) >= 11 is 0. The molecule has 20 heavy (non-hydrogen) atoms. The third kappa shape index (κ3) is 3.52. The highest BCUT2D eigenvalue weighted by Crippen LogP contribution is 2.06. The lowest BCUT2D eigenvalue weighted by molar-refractivity contribution is -0.0175. The zero-order valence-electron chi connectivity index (χ0n) is 11.2. The fourth-order valence-corrected chi connectivity index (χ4v) is 2.04. The number of morpholine rings is 1. The second kappa shape index (κ2) is 6.44. The van der Waals surface area contributed by atoms with Gasteiger partial charge in [0.1, 0.15) is 5.69 Å². The van der Waals surface area contributed by atoms with Crippen molar-refractivity contribution in [2.45, 2.75) is 6.10 Å². The van der Waals surface area contributed by atoms with Gasteiger partial charge in [-0.05, 0) is 19.2 Å². The third-order valence-electron chi connectivity index (χ3n) is 3.09. The third-order valence-corrected chi connectivity index (χ3v) is 3.09. The minimum Gasteiger partial charge on any atom is -0.478 e. The number of nitrogens with one attached hydrogen (secondary N) is 1. The molecule has 0 spiro atoms. The lowest BCUT2D eigenvalue weighted by Crippen LogP contribution is -2.46. The number of hydrogen-bond acceptors (Lipinski definition) is 5. The summed E-state index contributed by atoms with van der Waals surface area (Å²) in [6, 6.07) is 2.84. The average Bonchev–Trinajstić information content (AvgIpc) is 2.45. The molecule has 7 heteroatoms. The average molecular weight is 279 g/mol. The topological polar surface area (TPSA) is 91.8 Å². The predicted octanol–water partition coefficient (Wildman–Crippen LogP) is -0.160. The maximum absolute atomic E-state index is 12.0. The van der Waals surface area contributed by atoms with Crippen LogP contribution in [-0.4, -0.2) is 66.3 Å². The van der Waals surface area contributed by atoms with Crippen molar-refractivity contribution >= 4 is 11.9 Å². The van der Waals surface area contributed by atoms with E-state index in [1.165, 1.54) is 18.3 Å². The number of ether oxygens (including phenoxy) is 1. The molecule has 0 aliphatic carbocycles. The molecule has 1 aromatic rings. The van der Waals surface area contributed by atoms with Crippen LogP contribution in [0.15, 0.2) is 18.3 Å². The molecule has 1 aliphatic rings. The van der Waals surface area contributed by atoms with E-state index in [1.807, 2.05) is 7.05 Å². The van der Waals surface area contributed by atoms with E-state index in [0.29, 0.717) is 13.2 Å². The first-order valence-electron chi connectivity index (χ1n) is 6.34. The smallest absolute Gasteiger partial charge is 0.338 e. The van der Waals surface area contributed by atoms with Crippen LogP contribution in [-0.2, 0) is 4.74 Å². The van der Waals surface area contributed by atoms with E-state index < -0.39 is 11.9 Å². The summed E-state index contributed by atoms with van der Waals surface area (Å²) in [5.41, 5.74) is -0.184. The van der Waals surface area contributed by atoms with Crippen molar-refractivity contribution in [3.63, 3.8) is 0 Å². The molecule has 0 aromatic carbocycles. The van der Waals surface area contributed by atoms with Gasteiger partial charge in [-0.1, -0.05) is 0 Å². The van der Waals surface area contributed by atoms with Gasteiger partial charge in [0.25, 0.3) is 5.91 Å². The van der Waals surface area contributed by atoms with Crippen LogP contribution in [0.3, 0.4) is 0 Å². The highest BCUT2D eigenvalue weighted by Gasteiger charge is 2.21. The van der Waals surface area contributed by atoms with Crippen LogP contribution in [0.1, 0.15) is 20.8 Å². The lowest BCUT2D eigenvalue weighted by atomic mass is 10.2. The SMILES string of the molecule is CN1CCOC(CNC(=O)c2ncccc2C(=O)O)C1. The Morgan fingerprint density at radius 1 is 1.60 bits per heavy atom. The number of aromatic carboxylic acids is 1. The molecule has 1 aromatic heterocycles. The Morgan fingerprint density at radius 2 is 2.40 bits per heavy atom. The Kier molecular flexibility index (Phi) is 4.65.